The van der Waals surface area contributed by atoms with Crippen LogP contribution in [0.4, 0.5) is 4.79 Å². The largest absolute Gasteiger partial charge is 0.476 e. The number of rotatable bonds is 8. The quantitative estimate of drug-likeness (QED) is 0.672. The minimum absolute atomic E-state index is 0.0411. The summed E-state index contributed by atoms with van der Waals surface area (Å²) in [4.78, 5) is 26.4. The fourth-order valence-electron chi connectivity index (χ4n) is 1.61. The van der Waals surface area contributed by atoms with Crippen molar-refractivity contribution in [2.45, 2.75) is 26.3 Å². The smallest absolute Gasteiger partial charge is 0.355 e. The zero-order chi connectivity index (χ0) is 15.8. The third-order valence-electron chi connectivity index (χ3n) is 2.86. The first kappa shape index (κ1) is 17.4. The summed E-state index contributed by atoms with van der Waals surface area (Å²) in [6.07, 6.45) is 0.502. The minimum Gasteiger partial charge on any atom is -0.476 e. The highest BCUT2D eigenvalue weighted by molar-refractivity contribution is 7.09. The Morgan fingerprint density at radius 3 is 2.71 bits per heavy atom. The number of amides is 2. The number of aromatic nitrogens is 1. The summed E-state index contributed by atoms with van der Waals surface area (Å²) in [7, 11) is 1.59. The molecule has 0 saturated heterocycles. The predicted octanol–water partition coefficient (Wildman–Crippen LogP) is 1.35. The van der Waals surface area contributed by atoms with Gasteiger partial charge in [0.05, 0.1) is 17.7 Å². The second-order valence-electron chi connectivity index (χ2n) is 4.89. The molecular formula is C13H21N3O4S. The monoisotopic (exact) mass is 315 g/mol. The summed E-state index contributed by atoms with van der Waals surface area (Å²) in [6, 6.07) is -0.311. The normalized spacial score (nSPS) is 12.2. The lowest BCUT2D eigenvalue weighted by Gasteiger charge is -2.21. The van der Waals surface area contributed by atoms with Crippen molar-refractivity contribution in [3.05, 3.63) is 16.1 Å². The lowest BCUT2D eigenvalue weighted by atomic mass is 10.1. The van der Waals surface area contributed by atoms with Crippen molar-refractivity contribution in [2.24, 2.45) is 5.92 Å². The summed E-state index contributed by atoms with van der Waals surface area (Å²) < 4.78 is 5.06. The van der Waals surface area contributed by atoms with E-state index in [2.05, 4.69) is 15.6 Å². The number of hydrogen-bond acceptors (Lipinski definition) is 5. The summed E-state index contributed by atoms with van der Waals surface area (Å²) in [5.41, 5.74) is 0.0411. The summed E-state index contributed by atoms with van der Waals surface area (Å²) in [5.74, 6) is -0.768. The van der Waals surface area contributed by atoms with E-state index in [4.69, 9.17) is 9.84 Å². The number of hydrogen-bond donors (Lipinski definition) is 3. The lowest BCUT2D eigenvalue weighted by molar-refractivity contribution is 0.0691. The zero-order valence-electron chi connectivity index (χ0n) is 12.4. The molecule has 7 nitrogen and oxygen atoms in total. The highest BCUT2D eigenvalue weighted by atomic mass is 32.1. The predicted molar refractivity (Wildman–Crippen MR) is 79.8 cm³/mol. The molecule has 3 N–H and O–H groups in total. The molecule has 0 fully saturated rings. The van der Waals surface area contributed by atoms with E-state index in [0.717, 1.165) is 0 Å². The summed E-state index contributed by atoms with van der Waals surface area (Å²) >= 11 is 1.27. The van der Waals surface area contributed by atoms with E-state index >= 15 is 0 Å². The average molecular weight is 315 g/mol. The number of carbonyl (C=O) groups is 2. The van der Waals surface area contributed by atoms with Crippen molar-refractivity contribution in [2.75, 3.05) is 20.3 Å². The number of methoxy groups -OCH3 is 1. The second-order valence-corrected chi connectivity index (χ2v) is 5.83. The number of carboxylic acid groups (broad SMARTS) is 1. The van der Waals surface area contributed by atoms with Crippen LogP contribution in [0.1, 0.15) is 29.3 Å². The molecule has 0 aliphatic carbocycles. The SMILES string of the molecule is COCC(NC(=O)NCCc1nc(C(=O)O)cs1)C(C)C. The highest BCUT2D eigenvalue weighted by Crippen LogP contribution is 2.09. The van der Waals surface area contributed by atoms with Crippen LogP contribution >= 0.6 is 11.3 Å². The molecule has 1 aromatic heterocycles. The summed E-state index contributed by atoms with van der Waals surface area (Å²) in [6.45, 7) is 4.87. The van der Waals surface area contributed by atoms with Gasteiger partial charge in [-0.05, 0) is 5.92 Å². The van der Waals surface area contributed by atoms with Crippen molar-refractivity contribution >= 4 is 23.3 Å². The number of carboxylic acids is 1. The first-order valence-electron chi connectivity index (χ1n) is 6.65. The van der Waals surface area contributed by atoms with Crippen LogP contribution in [0.3, 0.4) is 0 Å². The number of thiazole rings is 1. The minimum atomic E-state index is -1.04. The topological polar surface area (TPSA) is 101 Å². The van der Waals surface area contributed by atoms with Crippen LogP contribution in [0, 0.1) is 5.92 Å². The molecule has 118 valence electrons. The van der Waals surface area contributed by atoms with E-state index < -0.39 is 5.97 Å². The number of nitrogens with zero attached hydrogens (tertiary/aromatic N) is 1. The van der Waals surface area contributed by atoms with Crippen LogP contribution < -0.4 is 10.6 Å². The molecule has 0 aliphatic rings. The molecule has 1 heterocycles. The van der Waals surface area contributed by atoms with Crippen molar-refractivity contribution in [3.63, 3.8) is 0 Å². The molecule has 1 rings (SSSR count). The number of aromatic carboxylic acids is 1. The third kappa shape index (κ3) is 6.09. The van der Waals surface area contributed by atoms with Crippen molar-refractivity contribution in [3.8, 4) is 0 Å². The van der Waals surface area contributed by atoms with Crippen LogP contribution in [-0.4, -0.2) is 48.4 Å². The van der Waals surface area contributed by atoms with E-state index in [1.165, 1.54) is 16.7 Å². The molecule has 1 atom stereocenters. The van der Waals surface area contributed by atoms with Crippen molar-refractivity contribution in [1.29, 1.82) is 0 Å². The molecule has 0 saturated carbocycles. The van der Waals surface area contributed by atoms with Gasteiger partial charge in [0.2, 0.25) is 0 Å². The van der Waals surface area contributed by atoms with Crippen LogP contribution in [0.25, 0.3) is 0 Å². The number of nitrogens with one attached hydrogen (secondary N) is 2. The molecule has 1 aromatic rings. The molecular weight excluding hydrogens is 294 g/mol. The Hall–Kier alpha value is -1.67. The molecule has 0 radical (unpaired) electrons. The van der Waals surface area contributed by atoms with Gasteiger partial charge in [-0.3, -0.25) is 0 Å². The standard InChI is InChI=1S/C13H21N3O4S/c1-8(2)9(6-20-3)16-13(19)14-5-4-11-15-10(7-21-11)12(17)18/h7-9H,4-6H2,1-3H3,(H,17,18)(H2,14,16,19). The molecule has 21 heavy (non-hydrogen) atoms. The van der Waals surface area contributed by atoms with Crippen LogP contribution in [0.5, 0.6) is 0 Å². The fraction of sp³-hybridized carbons (Fsp3) is 0.615. The summed E-state index contributed by atoms with van der Waals surface area (Å²) in [5, 5.41) is 16.5. The maximum absolute atomic E-state index is 11.7. The van der Waals surface area contributed by atoms with Crippen LogP contribution in [0.15, 0.2) is 5.38 Å². The van der Waals surface area contributed by atoms with Gasteiger partial charge in [-0.2, -0.15) is 0 Å². The Morgan fingerprint density at radius 2 is 2.19 bits per heavy atom. The van der Waals surface area contributed by atoms with E-state index in [9.17, 15) is 9.59 Å². The van der Waals surface area contributed by atoms with Gasteiger partial charge in [0.25, 0.3) is 0 Å². The van der Waals surface area contributed by atoms with Gasteiger partial charge in [0, 0.05) is 25.5 Å². The molecule has 0 aliphatic heterocycles. The van der Waals surface area contributed by atoms with E-state index in [1.807, 2.05) is 13.8 Å². The van der Waals surface area contributed by atoms with E-state index in [-0.39, 0.29) is 23.7 Å². The van der Waals surface area contributed by atoms with E-state index in [0.29, 0.717) is 24.6 Å². The Labute approximate surface area is 127 Å². The van der Waals surface area contributed by atoms with Gasteiger partial charge in [0.1, 0.15) is 0 Å². The van der Waals surface area contributed by atoms with Crippen LogP contribution in [-0.2, 0) is 11.2 Å². The molecule has 0 aromatic carbocycles. The Bertz CT molecular complexity index is 476. The molecule has 2 amide bonds. The molecule has 8 heteroatoms. The van der Waals surface area contributed by atoms with Gasteiger partial charge >= 0.3 is 12.0 Å². The number of carbonyl (C=O) groups excluding carboxylic acids is 1. The van der Waals surface area contributed by atoms with Crippen LogP contribution in [0.2, 0.25) is 0 Å². The third-order valence-corrected chi connectivity index (χ3v) is 3.77. The van der Waals surface area contributed by atoms with Gasteiger partial charge < -0.3 is 20.5 Å². The lowest BCUT2D eigenvalue weighted by Crippen LogP contribution is -2.47. The van der Waals surface area contributed by atoms with Gasteiger partial charge in [-0.15, -0.1) is 11.3 Å². The molecule has 0 bridgehead atoms. The van der Waals surface area contributed by atoms with Gasteiger partial charge in [-0.25, -0.2) is 14.6 Å². The van der Waals surface area contributed by atoms with Crippen molar-refractivity contribution in [1.82, 2.24) is 15.6 Å². The average Bonchev–Trinajstić information content (AvgIpc) is 2.87. The Kier molecular flexibility index (Phi) is 7.10. The highest BCUT2D eigenvalue weighted by Gasteiger charge is 2.15. The van der Waals surface area contributed by atoms with Gasteiger partial charge in [0.15, 0.2) is 5.69 Å². The molecule has 0 spiro atoms. The Morgan fingerprint density at radius 1 is 1.48 bits per heavy atom. The maximum atomic E-state index is 11.7. The second kappa shape index (κ2) is 8.58. The number of urea groups is 1. The maximum Gasteiger partial charge on any atom is 0.355 e. The first-order chi connectivity index (χ1) is 9.93. The van der Waals surface area contributed by atoms with Gasteiger partial charge in [-0.1, -0.05) is 13.8 Å². The molecule has 1 unspecified atom stereocenters. The Balaban J connectivity index is 2.33. The zero-order valence-corrected chi connectivity index (χ0v) is 13.2. The first-order valence-corrected chi connectivity index (χ1v) is 7.53. The van der Waals surface area contributed by atoms with Crippen molar-refractivity contribution < 1.29 is 19.4 Å². The van der Waals surface area contributed by atoms with E-state index in [1.54, 1.807) is 7.11 Å². The fourth-order valence-corrected chi connectivity index (χ4v) is 2.38. The number of ether oxygens (including phenoxy) is 1.